The lowest BCUT2D eigenvalue weighted by Gasteiger charge is -2.00. The molecular formula is C7H8N4O. The number of hydrogen-bond donors (Lipinski definition) is 2. The van der Waals surface area contributed by atoms with Gasteiger partial charge in [0, 0.05) is 6.20 Å². The van der Waals surface area contributed by atoms with Crippen molar-refractivity contribution >= 4 is 11.5 Å². The fourth-order valence-corrected chi connectivity index (χ4v) is 0.666. The Kier molecular flexibility index (Phi) is 2.49. The number of hydrogen-bond acceptors (Lipinski definition) is 4. The van der Waals surface area contributed by atoms with E-state index in [9.17, 15) is 4.79 Å². The van der Waals surface area contributed by atoms with Gasteiger partial charge in [-0.15, -0.1) is 0 Å². The van der Waals surface area contributed by atoms with E-state index in [2.05, 4.69) is 16.8 Å². The molecule has 3 N–H and O–H groups in total. The lowest BCUT2D eigenvalue weighted by Crippen LogP contribution is -2.30. The molecule has 0 radical (unpaired) electrons. The summed E-state index contributed by atoms with van der Waals surface area (Å²) in [5.41, 5.74) is 2.57. The van der Waals surface area contributed by atoms with Gasteiger partial charge in [-0.05, 0) is 12.1 Å². The van der Waals surface area contributed by atoms with E-state index in [1.165, 1.54) is 6.20 Å². The van der Waals surface area contributed by atoms with Crippen LogP contribution in [-0.2, 0) is 4.79 Å². The fourth-order valence-electron chi connectivity index (χ4n) is 0.666. The number of nitrogens with zero attached hydrogens (tertiary/aromatic N) is 2. The summed E-state index contributed by atoms with van der Waals surface area (Å²) in [4.78, 5) is 10.9. The Balaban J connectivity index is 2.86. The van der Waals surface area contributed by atoms with Gasteiger partial charge in [0.15, 0.2) is 0 Å². The van der Waals surface area contributed by atoms with Crippen LogP contribution in [0.5, 0.6) is 0 Å². The maximum atomic E-state index is 10.9. The maximum absolute atomic E-state index is 10.9. The van der Waals surface area contributed by atoms with Gasteiger partial charge in [0.1, 0.15) is 0 Å². The average Bonchev–Trinajstić information content (AvgIpc) is 2.17. The number of amides is 1. The maximum Gasteiger partial charge on any atom is 0.266 e. The summed E-state index contributed by atoms with van der Waals surface area (Å²) in [6, 6.07) is 3.29. The topological polar surface area (TPSA) is 80.9 Å². The van der Waals surface area contributed by atoms with Crippen LogP contribution < -0.4 is 11.3 Å². The zero-order chi connectivity index (χ0) is 8.97. The van der Waals surface area contributed by atoms with Gasteiger partial charge in [-0.25, -0.2) is 5.84 Å². The molecule has 0 aliphatic heterocycles. The molecule has 0 bridgehead atoms. The van der Waals surface area contributed by atoms with Crippen molar-refractivity contribution in [3.63, 3.8) is 0 Å². The Bertz CT molecular complexity index is 296. The van der Waals surface area contributed by atoms with Crippen LogP contribution in [0.15, 0.2) is 24.9 Å². The van der Waals surface area contributed by atoms with E-state index in [1.54, 1.807) is 12.1 Å². The summed E-state index contributed by atoms with van der Waals surface area (Å²) < 4.78 is 0. The second-order valence-electron chi connectivity index (χ2n) is 2.06. The second-order valence-corrected chi connectivity index (χ2v) is 2.06. The van der Waals surface area contributed by atoms with Crippen molar-refractivity contribution in [1.29, 1.82) is 0 Å². The third-order valence-electron chi connectivity index (χ3n) is 1.29. The van der Waals surface area contributed by atoms with Crippen LogP contribution in [0.25, 0.3) is 5.57 Å². The Morgan fingerprint density at radius 1 is 1.67 bits per heavy atom. The van der Waals surface area contributed by atoms with E-state index in [-0.39, 0.29) is 5.57 Å². The molecule has 0 aliphatic carbocycles. The van der Waals surface area contributed by atoms with E-state index in [0.29, 0.717) is 5.69 Å². The standard InChI is InChI=1S/C7H8N4O/c1-5(7(12)10-8)6-3-2-4-9-11-6/h2-4H,1,8H2,(H,10,12). The lowest BCUT2D eigenvalue weighted by atomic mass is 10.2. The quantitative estimate of drug-likeness (QED) is 0.267. The number of carbonyl (C=O) groups excluding carboxylic acids is 1. The molecule has 1 amide bonds. The summed E-state index contributed by atoms with van der Waals surface area (Å²) in [6.45, 7) is 3.50. The number of aromatic nitrogens is 2. The van der Waals surface area contributed by atoms with Crippen LogP contribution in [-0.4, -0.2) is 16.1 Å². The van der Waals surface area contributed by atoms with Gasteiger partial charge < -0.3 is 0 Å². The number of hydrazine groups is 1. The molecule has 1 rings (SSSR count). The van der Waals surface area contributed by atoms with E-state index in [4.69, 9.17) is 5.84 Å². The zero-order valence-electron chi connectivity index (χ0n) is 6.32. The summed E-state index contributed by atoms with van der Waals surface area (Å²) in [5, 5.41) is 7.27. The molecule has 0 aromatic carbocycles. The van der Waals surface area contributed by atoms with Crippen molar-refractivity contribution in [2.75, 3.05) is 0 Å². The van der Waals surface area contributed by atoms with Gasteiger partial charge in [0.2, 0.25) is 0 Å². The predicted molar refractivity (Wildman–Crippen MR) is 43.4 cm³/mol. The highest BCUT2D eigenvalue weighted by atomic mass is 16.2. The lowest BCUT2D eigenvalue weighted by molar-refractivity contribution is -0.115. The summed E-state index contributed by atoms with van der Waals surface area (Å²) >= 11 is 0. The summed E-state index contributed by atoms with van der Waals surface area (Å²) in [6.07, 6.45) is 1.51. The number of nitrogens with two attached hydrogens (primary N) is 1. The van der Waals surface area contributed by atoms with Gasteiger partial charge in [0.05, 0.1) is 11.3 Å². The van der Waals surface area contributed by atoms with Crippen molar-refractivity contribution < 1.29 is 4.79 Å². The smallest absolute Gasteiger partial charge is 0.266 e. The molecule has 0 aliphatic rings. The second kappa shape index (κ2) is 3.59. The predicted octanol–water partition coefficient (Wildman–Crippen LogP) is -0.520. The fraction of sp³-hybridized carbons (Fsp3) is 0. The monoisotopic (exact) mass is 164 g/mol. The molecule has 0 saturated carbocycles. The van der Waals surface area contributed by atoms with Gasteiger partial charge in [-0.1, -0.05) is 6.58 Å². The molecule has 12 heavy (non-hydrogen) atoms. The largest absolute Gasteiger partial charge is 0.290 e. The SMILES string of the molecule is C=C(C(=O)NN)c1cccnn1. The highest BCUT2D eigenvalue weighted by Gasteiger charge is 2.07. The minimum atomic E-state index is -0.463. The number of rotatable bonds is 2. The zero-order valence-corrected chi connectivity index (χ0v) is 6.32. The molecule has 0 spiro atoms. The van der Waals surface area contributed by atoms with Gasteiger partial charge in [-0.3, -0.25) is 10.2 Å². The molecule has 5 heteroatoms. The third-order valence-corrected chi connectivity index (χ3v) is 1.29. The van der Waals surface area contributed by atoms with E-state index >= 15 is 0 Å². The van der Waals surface area contributed by atoms with Crippen molar-refractivity contribution in [2.45, 2.75) is 0 Å². The Morgan fingerprint density at radius 3 is 2.92 bits per heavy atom. The van der Waals surface area contributed by atoms with Crippen LogP contribution in [0, 0.1) is 0 Å². The molecular weight excluding hydrogens is 156 g/mol. The molecule has 0 unspecified atom stereocenters. The Hall–Kier alpha value is -1.75. The van der Waals surface area contributed by atoms with Crippen molar-refractivity contribution in [1.82, 2.24) is 15.6 Å². The van der Waals surface area contributed by atoms with E-state index in [1.807, 2.05) is 5.43 Å². The van der Waals surface area contributed by atoms with E-state index < -0.39 is 5.91 Å². The first-order valence-electron chi connectivity index (χ1n) is 3.23. The highest BCUT2D eigenvalue weighted by Crippen LogP contribution is 2.05. The summed E-state index contributed by atoms with van der Waals surface area (Å²) in [7, 11) is 0. The third kappa shape index (κ3) is 1.64. The molecule has 1 heterocycles. The van der Waals surface area contributed by atoms with Crippen molar-refractivity contribution in [3.05, 3.63) is 30.6 Å². The Morgan fingerprint density at radius 2 is 2.42 bits per heavy atom. The van der Waals surface area contributed by atoms with Gasteiger partial charge in [0.25, 0.3) is 5.91 Å². The molecule has 0 fully saturated rings. The van der Waals surface area contributed by atoms with Crippen LogP contribution in [0.4, 0.5) is 0 Å². The first-order chi connectivity index (χ1) is 5.75. The molecule has 0 saturated heterocycles. The van der Waals surface area contributed by atoms with Crippen LogP contribution in [0.1, 0.15) is 5.69 Å². The summed E-state index contributed by atoms with van der Waals surface area (Å²) in [5.74, 6) is 4.44. The highest BCUT2D eigenvalue weighted by molar-refractivity contribution is 6.17. The van der Waals surface area contributed by atoms with Crippen LogP contribution in [0.3, 0.4) is 0 Å². The molecule has 62 valence electrons. The van der Waals surface area contributed by atoms with Gasteiger partial charge in [-0.2, -0.15) is 10.2 Å². The Labute approximate surface area is 69.3 Å². The molecule has 5 nitrogen and oxygen atoms in total. The minimum Gasteiger partial charge on any atom is -0.290 e. The first-order valence-corrected chi connectivity index (χ1v) is 3.23. The van der Waals surface area contributed by atoms with Crippen LogP contribution >= 0.6 is 0 Å². The van der Waals surface area contributed by atoms with Crippen LogP contribution in [0.2, 0.25) is 0 Å². The average molecular weight is 164 g/mol. The molecule has 1 aromatic heterocycles. The van der Waals surface area contributed by atoms with Gasteiger partial charge >= 0.3 is 0 Å². The van der Waals surface area contributed by atoms with Crippen molar-refractivity contribution in [3.8, 4) is 0 Å². The minimum absolute atomic E-state index is 0.200. The number of nitrogens with one attached hydrogen (secondary N) is 1. The van der Waals surface area contributed by atoms with E-state index in [0.717, 1.165) is 0 Å². The number of carbonyl (C=O) groups is 1. The first kappa shape index (κ1) is 8.35. The molecule has 0 atom stereocenters. The normalized spacial score (nSPS) is 9.08. The van der Waals surface area contributed by atoms with Crippen molar-refractivity contribution in [2.24, 2.45) is 5.84 Å². The molecule has 1 aromatic rings.